The lowest BCUT2D eigenvalue weighted by Crippen LogP contribution is -2.20. The third kappa shape index (κ3) is 4.72. The first-order valence-corrected chi connectivity index (χ1v) is 11.5. The Bertz CT molecular complexity index is 1360. The van der Waals surface area contributed by atoms with E-state index in [0.717, 1.165) is 25.7 Å². The zero-order valence-corrected chi connectivity index (χ0v) is 19.5. The monoisotopic (exact) mass is 474 g/mol. The van der Waals surface area contributed by atoms with Crippen molar-refractivity contribution in [1.82, 2.24) is 19.9 Å². The number of rotatable bonds is 8. The zero-order chi connectivity index (χ0) is 24.5. The highest BCUT2D eigenvalue weighted by Crippen LogP contribution is 2.38. The van der Waals surface area contributed by atoms with Crippen molar-refractivity contribution in [3.8, 4) is 17.0 Å². The Labute approximate surface area is 201 Å². The second kappa shape index (κ2) is 9.21. The summed E-state index contributed by atoms with van der Waals surface area (Å²) in [6, 6.07) is 8.79. The number of nitrogens with zero attached hydrogens (tertiary/aromatic N) is 3. The van der Waals surface area contributed by atoms with Crippen LogP contribution in [0.5, 0.6) is 5.75 Å². The van der Waals surface area contributed by atoms with Crippen LogP contribution in [-0.2, 0) is 4.79 Å². The van der Waals surface area contributed by atoms with E-state index in [-0.39, 0.29) is 29.3 Å². The van der Waals surface area contributed by atoms with Gasteiger partial charge in [-0.2, -0.15) is 0 Å². The van der Waals surface area contributed by atoms with Crippen molar-refractivity contribution in [2.24, 2.45) is 5.92 Å². The van der Waals surface area contributed by atoms with Gasteiger partial charge in [-0.3, -0.25) is 19.0 Å². The summed E-state index contributed by atoms with van der Waals surface area (Å²) in [6.45, 7) is 0. The molecule has 2 saturated carbocycles. The molecule has 0 aliphatic heterocycles. The highest BCUT2D eigenvalue weighted by molar-refractivity contribution is 6.01. The van der Waals surface area contributed by atoms with E-state index >= 15 is 0 Å². The number of nitrogens with one attached hydrogen (secondary N) is 3. The van der Waals surface area contributed by atoms with Crippen molar-refractivity contribution in [3.63, 3.8) is 0 Å². The largest absolute Gasteiger partial charge is 0.494 e. The quantitative estimate of drug-likeness (QED) is 0.458. The molecular weight excluding hydrogens is 448 g/mol. The summed E-state index contributed by atoms with van der Waals surface area (Å²) in [5.41, 5.74) is 2.33. The molecule has 0 saturated heterocycles. The van der Waals surface area contributed by atoms with E-state index in [2.05, 4.69) is 25.9 Å². The van der Waals surface area contributed by atoms with Crippen molar-refractivity contribution < 1.29 is 14.3 Å². The van der Waals surface area contributed by atoms with E-state index in [9.17, 15) is 14.4 Å². The number of hydrogen-bond acceptors (Lipinski definition) is 7. The lowest BCUT2D eigenvalue weighted by atomic mass is 10.1. The number of benzene rings is 1. The molecule has 2 aliphatic carbocycles. The van der Waals surface area contributed by atoms with E-state index in [1.54, 1.807) is 23.0 Å². The molecule has 180 valence electrons. The fourth-order valence-electron chi connectivity index (χ4n) is 3.90. The number of carbonyl (C=O) groups excluding carboxylic acids is 2. The summed E-state index contributed by atoms with van der Waals surface area (Å²) in [6.07, 6.45) is 6.72. The van der Waals surface area contributed by atoms with Crippen LogP contribution in [0.1, 0.15) is 42.1 Å². The van der Waals surface area contributed by atoms with Crippen molar-refractivity contribution in [1.29, 1.82) is 0 Å². The molecular formula is C25H26N6O4. The summed E-state index contributed by atoms with van der Waals surface area (Å²) in [5, 5.41) is 8.65. The SMILES string of the molecule is CNC(=O)c1cnc(NC(=O)C2CC2)cc1Nc1cccc(-c2cc(=O)n(C3CC3)cn2)c1OC. The number of hydrogen-bond donors (Lipinski definition) is 3. The molecule has 0 radical (unpaired) electrons. The number of pyridine rings is 1. The van der Waals surface area contributed by atoms with E-state index in [0.29, 0.717) is 39.8 Å². The van der Waals surface area contributed by atoms with Crippen molar-refractivity contribution in [2.75, 3.05) is 24.8 Å². The summed E-state index contributed by atoms with van der Waals surface area (Å²) in [7, 11) is 3.06. The Morgan fingerprint density at radius 2 is 1.89 bits per heavy atom. The molecule has 10 nitrogen and oxygen atoms in total. The average molecular weight is 475 g/mol. The first kappa shape index (κ1) is 22.6. The molecule has 0 spiro atoms. The van der Waals surface area contributed by atoms with Gasteiger partial charge in [-0.05, 0) is 37.8 Å². The van der Waals surface area contributed by atoms with Gasteiger partial charge in [0, 0.05) is 42.9 Å². The molecule has 3 aromatic rings. The van der Waals surface area contributed by atoms with Crippen molar-refractivity contribution in [3.05, 3.63) is 58.8 Å². The maximum Gasteiger partial charge on any atom is 0.254 e. The minimum atomic E-state index is -0.333. The van der Waals surface area contributed by atoms with E-state index in [1.807, 2.05) is 12.1 Å². The van der Waals surface area contributed by atoms with Gasteiger partial charge in [0.2, 0.25) is 5.91 Å². The number of ether oxygens (including phenoxy) is 1. The van der Waals surface area contributed by atoms with Gasteiger partial charge in [-0.15, -0.1) is 0 Å². The predicted octanol–water partition coefficient (Wildman–Crippen LogP) is 3.10. The van der Waals surface area contributed by atoms with Crippen molar-refractivity contribution >= 4 is 29.0 Å². The van der Waals surface area contributed by atoms with Crippen LogP contribution in [0.2, 0.25) is 0 Å². The third-order valence-corrected chi connectivity index (χ3v) is 6.12. The van der Waals surface area contributed by atoms with Gasteiger partial charge in [0.15, 0.2) is 5.75 Å². The Hall–Kier alpha value is -4.21. The summed E-state index contributed by atoms with van der Waals surface area (Å²) in [4.78, 5) is 46.0. The molecule has 3 N–H and O–H groups in total. The van der Waals surface area contributed by atoms with Crippen LogP contribution in [0.4, 0.5) is 17.2 Å². The molecule has 2 fully saturated rings. The molecule has 0 bridgehead atoms. The minimum Gasteiger partial charge on any atom is -0.494 e. The smallest absolute Gasteiger partial charge is 0.254 e. The molecule has 10 heteroatoms. The fraction of sp³-hybridized carbons (Fsp3) is 0.320. The summed E-state index contributed by atoms with van der Waals surface area (Å²) in [5.74, 6) is 0.416. The van der Waals surface area contributed by atoms with Gasteiger partial charge < -0.3 is 20.7 Å². The lowest BCUT2D eigenvalue weighted by Gasteiger charge is -2.17. The normalized spacial score (nSPS) is 14.8. The molecule has 2 aromatic heterocycles. The first-order chi connectivity index (χ1) is 17.0. The third-order valence-electron chi connectivity index (χ3n) is 6.12. The van der Waals surface area contributed by atoms with Gasteiger partial charge in [0.05, 0.1) is 36.1 Å². The summed E-state index contributed by atoms with van der Waals surface area (Å²) < 4.78 is 7.35. The molecule has 0 unspecified atom stereocenters. The van der Waals surface area contributed by atoms with Gasteiger partial charge in [-0.1, -0.05) is 6.07 Å². The van der Waals surface area contributed by atoms with Crippen LogP contribution in [0.3, 0.4) is 0 Å². The fourth-order valence-corrected chi connectivity index (χ4v) is 3.90. The maximum atomic E-state index is 12.6. The second-order valence-corrected chi connectivity index (χ2v) is 8.72. The topological polar surface area (TPSA) is 127 Å². The van der Waals surface area contributed by atoms with Crippen molar-refractivity contribution in [2.45, 2.75) is 31.7 Å². The zero-order valence-electron chi connectivity index (χ0n) is 19.5. The van der Waals surface area contributed by atoms with Gasteiger partial charge in [-0.25, -0.2) is 9.97 Å². The number of carbonyl (C=O) groups is 2. The molecule has 2 amide bonds. The minimum absolute atomic E-state index is 0.0199. The Balaban J connectivity index is 1.50. The highest BCUT2D eigenvalue weighted by Gasteiger charge is 2.30. The molecule has 5 rings (SSSR count). The van der Waals surface area contributed by atoms with Crippen LogP contribution in [0, 0.1) is 5.92 Å². The van der Waals surface area contributed by atoms with Crippen LogP contribution in [-0.4, -0.2) is 40.5 Å². The second-order valence-electron chi connectivity index (χ2n) is 8.72. The van der Waals surface area contributed by atoms with E-state index in [4.69, 9.17) is 4.74 Å². The number of methoxy groups -OCH3 is 1. The van der Waals surface area contributed by atoms with Crippen LogP contribution >= 0.6 is 0 Å². The van der Waals surface area contributed by atoms with Gasteiger partial charge in [0.25, 0.3) is 11.5 Å². The standard InChI is InChI=1S/C25H26N6O4/c1-26-25(34)17-12-27-21(30-24(33)14-6-7-14)10-20(17)29-18-5-3-4-16(23(18)35-2)19-11-22(32)31(13-28-19)15-8-9-15/h3-5,10-15H,6-9H2,1-2H3,(H,26,34)(H2,27,29,30,33). The number of para-hydroxylation sites is 1. The molecule has 2 aliphatic rings. The predicted molar refractivity (Wildman–Crippen MR) is 131 cm³/mol. The van der Waals surface area contributed by atoms with Crippen LogP contribution in [0.15, 0.2) is 47.7 Å². The number of anilines is 3. The van der Waals surface area contributed by atoms with Crippen LogP contribution in [0.25, 0.3) is 11.3 Å². The molecule has 0 atom stereocenters. The van der Waals surface area contributed by atoms with E-state index < -0.39 is 0 Å². The Morgan fingerprint density at radius 1 is 1.09 bits per heavy atom. The average Bonchev–Trinajstić information content (AvgIpc) is 3.77. The number of aromatic nitrogens is 3. The van der Waals surface area contributed by atoms with Crippen LogP contribution < -0.4 is 26.2 Å². The molecule has 2 heterocycles. The van der Waals surface area contributed by atoms with Gasteiger partial charge in [0.1, 0.15) is 5.82 Å². The summed E-state index contributed by atoms with van der Waals surface area (Å²) >= 11 is 0. The number of amides is 2. The molecule has 1 aromatic carbocycles. The van der Waals surface area contributed by atoms with E-state index in [1.165, 1.54) is 26.4 Å². The first-order valence-electron chi connectivity index (χ1n) is 11.5. The maximum absolute atomic E-state index is 12.6. The molecule has 35 heavy (non-hydrogen) atoms. The Morgan fingerprint density at radius 3 is 2.54 bits per heavy atom. The lowest BCUT2D eigenvalue weighted by molar-refractivity contribution is -0.117. The van der Waals surface area contributed by atoms with Gasteiger partial charge >= 0.3 is 0 Å². The highest BCUT2D eigenvalue weighted by atomic mass is 16.5. The Kier molecular flexibility index (Phi) is 5.94.